The molecule has 8 heteroatoms. The number of carbonyl (C=O) groups is 2. The Morgan fingerprint density at radius 1 is 1.21 bits per heavy atom. The van der Waals surface area contributed by atoms with Crippen molar-refractivity contribution in [2.75, 3.05) is 7.11 Å². The molecule has 0 fully saturated rings. The summed E-state index contributed by atoms with van der Waals surface area (Å²) < 4.78 is 9.89. The van der Waals surface area contributed by atoms with E-state index in [1.807, 2.05) is 19.9 Å². The molecule has 2 N–H and O–H groups in total. The van der Waals surface area contributed by atoms with Gasteiger partial charge in [0.25, 0.3) is 0 Å². The van der Waals surface area contributed by atoms with Gasteiger partial charge in [-0.2, -0.15) is 0 Å². The molecule has 2 heterocycles. The van der Waals surface area contributed by atoms with Gasteiger partial charge in [-0.25, -0.2) is 9.59 Å². The molecular weight excluding hydrogens is 454 g/mol. The third kappa shape index (κ3) is 7.32. The molecular formula is C26H35NO6S. The Kier molecular flexibility index (Phi) is 10.1. The quantitative estimate of drug-likeness (QED) is 0.376. The normalized spacial score (nSPS) is 14.2. The van der Waals surface area contributed by atoms with Crippen LogP contribution in [0.1, 0.15) is 85.2 Å². The van der Waals surface area contributed by atoms with Crippen molar-refractivity contribution in [3.63, 3.8) is 0 Å². The van der Waals surface area contributed by atoms with E-state index in [1.165, 1.54) is 24.3 Å². The van der Waals surface area contributed by atoms with Gasteiger partial charge in [0.15, 0.2) is 5.78 Å². The van der Waals surface area contributed by atoms with Crippen LogP contribution in [0.2, 0.25) is 0 Å². The average Bonchev–Trinajstić information content (AvgIpc) is 3.24. The zero-order valence-corrected chi connectivity index (χ0v) is 21.5. The molecule has 186 valence electrons. The monoisotopic (exact) mass is 489 g/mol. The first-order chi connectivity index (χ1) is 16.0. The number of aromatic hydroxyl groups is 1. The van der Waals surface area contributed by atoms with Gasteiger partial charge in [-0.15, -0.1) is 11.3 Å². The lowest BCUT2D eigenvalue weighted by molar-refractivity contribution is 0.0908. The number of thiophene rings is 1. The molecule has 0 saturated carbocycles. The highest BCUT2D eigenvalue weighted by Crippen LogP contribution is 2.34. The topological polar surface area (TPSA) is 106 Å². The molecule has 2 rings (SSSR count). The predicted octanol–water partition coefficient (Wildman–Crippen LogP) is 5.98. The molecule has 1 amide bonds. The fourth-order valence-electron chi connectivity index (χ4n) is 3.58. The van der Waals surface area contributed by atoms with Gasteiger partial charge in [0.05, 0.1) is 7.11 Å². The van der Waals surface area contributed by atoms with E-state index in [2.05, 4.69) is 30.0 Å². The minimum absolute atomic E-state index is 0.0961. The van der Waals surface area contributed by atoms with E-state index >= 15 is 0 Å². The van der Waals surface area contributed by atoms with Gasteiger partial charge >= 0.3 is 11.7 Å². The van der Waals surface area contributed by atoms with E-state index in [0.29, 0.717) is 24.5 Å². The average molecular weight is 490 g/mol. The summed E-state index contributed by atoms with van der Waals surface area (Å²) in [5, 5.41) is 13.0. The lowest BCUT2D eigenvalue weighted by Crippen LogP contribution is -2.24. The van der Waals surface area contributed by atoms with Crippen LogP contribution in [0, 0.1) is 11.8 Å². The maximum absolute atomic E-state index is 13.1. The number of allylic oxidation sites excluding steroid dienone is 1. The number of Topliss-reactive ketones (excluding diaryl/α,β-unsaturated/α-hetero) is 1. The molecule has 2 aromatic rings. The molecule has 7 nitrogen and oxygen atoms in total. The first kappa shape index (κ1) is 27.4. The maximum Gasteiger partial charge on any atom is 0.410 e. The van der Waals surface area contributed by atoms with E-state index in [9.17, 15) is 19.5 Å². The van der Waals surface area contributed by atoms with Crippen LogP contribution in [0.15, 0.2) is 39.7 Å². The van der Waals surface area contributed by atoms with Gasteiger partial charge in [0.2, 0.25) is 0 Å². The van der Waals surface area contributed by atoms with Crippen molar-refractivity contribution in [3.8, 4) is 5.75 Å². The second-order valence-corrected chi connectivity index (χ2v) is 10.3. The van der Waals surface area contributed by atoms with Gasteiger partial charge in [-0.05, 0) is 37.3 Å². The molecule has 0 saturated heterocycles. The van der Waals surface area contributed by atoms with Crippen molar-refractivity contribution in [2.24, 2.45) is 11.8 Å². The summed E-state index contributed by atoms with van der Waals surface area (Å²) in [4.78, 5) is 39.1. The second-order valence-electron chi connectivity index (χ2n) is 9.06. The van der Waals surface area contributed by atoms with Crippen LogP contribution in [0.4, 0.5) is 4.79 Å². The van der Waals surface area contributed by atoms with Crippen molar-refractivity contribution >= 4 is 23.2 Å². The van der Waals surface area contributed by atoms with Crippen molar-refractivity contribution < 1.29 is 23.8 Å². The van der Waals surface area contributed by atoms with Crippen LogP contribution in [-0.4, -0.2) is 24.1 Å². The fourth-order valence-corrected chi connectivity index (χ4v) is 4.96. The Hall–Kier alpha value is -2.87. The van der Waals surface area contributed by atoms with Gasteiger partial charge in [0.1, 0.15) is 17.1 Å². The number of hydrogen-bond acceptors (Lipinski definition) is 7. The lowest BCUT2D eigenvalue weighted by Gasteiger charge is -2.18. The van der Waals surface area contributed by atoms with Crippen LogP contribution in [0.25, 0.3) is 0 Å². The van der Waals surface area contributed by atoms with E-state index < -0.39 is 23.4 Å². The minimum Gasteiger partial charge on any atom is -0.507 e. The number of alkyl carbamates (subject to hydrolysis) is 1. The zero-order valence-electron chi connectivity index (χ0n) is 20.7. The summed E-state index contributed by atoms with van der Waals surface area (Å²) in [5.41, 5.74) is -1.11. The predicted molar refractivity (Wildman–Crippen MR) is 134 cm³/mol. The first-order valence-electron chi connectivity index (χ1n) is 11.5. The molecule has 0 spiro atoms. The summed E-state index contributed by atoms with van der Waals surface area (Å²) >= 11 is 1.69. The second kappa shape index (κ2) is 12.6. The van der Waals surface area contributed by atoms with E-state index in [-0.39, 0.29) is 23.1 Å². The Labute approximate surface area is 204 Å². The first-order valence-corrected chi connectivity index (χ1v) is 12.4. The maximum atomic E-state index is 13.1. The third-order valence-electron chi connectivity index (χ3n) is 5.86. The number of ether oxygens (including phenoxy) is 1. The molecule has 2 aromatic heterocycles. The summed E-state index contributed by atoms with van der Waals surface area (Å²) in [6.07, 6.45) is 4.88. The summed E-state index contributed by atoms with van der Waals surface area (Å²) in [5.74, 6) is -0.671. The lowest BCUT2D eigenvalue weighted by atomic mass is 9.87. The number of nitrogens with one attached hydrogen (secondary N) is 1. The number of ketones is 1. The van der Waals surface area contributed by atoms with Crippen LogP contribution in [0.5, 0.6) is 5.75 Å². The van der Waals surface area contributed by atoms with Crippen LogP contribution in [0.3, 0.4) is 0 Å². The van der Waals surface area contributed by atoms with Gasteiger partial charge < -0.3 is 14.3 Å². The van der Waals surface area contributed by atoms with Crippen LogP contribution < -0.4 is 10.9 Å². The number of rotatable bonds is 11. The molecule has 2 unspecified atom stereocenters. The Bertz CT molecular complexity index is 1070. The smallest absolute Gasteiger partial charge is 0.410 e. The highest BCUT2D eigenvalue weighted by atomic mass is 32.1. The third-order valence-corrected chi connectivity index (χ3v) is 7.17. The van der Waals surface area contributed by atoms with E-state index in [1.54, 1.807) is 24.3 Å². The van der Waals surface area contributed by atoms with Gasteiger partial charge in [0, 0.05) is 39.8 Å². The Balaban J connectivity index is 2.09. The molecule has 3 atom stereocenters. The SMILES string of the molecule is COC(=O)N/C=C/CCC(C)c1cc(O)c(C(=O)C(C)[C@H](C)c2ccc(CC(C)C)s2)c(=O)o1. The Morgan fingerprint density at radius 3 is 2.53 bits per heavy atom. The highest BCUT2D eigenvalue weighted by Gasteiger charge is 2.29. The summed E-state index contributed by atoms with van der Waals surface area (Å²) in [7, 11) is 1.28. The number of hydrogen-bond donors (Lipinski definition) is 2. The largest absolute Gasteiger partial charge is 0.507 e. The minimum atomic E-state index is -0.819. The highest BCUT2D eigenvalue weighted by molar-refractivity contribution is 7.12. The summed E-state index contributed by atoms with van der Waals surface area (Å²) in [6.45, 7) is 9.93. The molecule has 0 aromatic carbocycles. The van der Waals surface area contributed by atoms with Gasteiger partial charge in [-0.3, -0.25) is 10.1 Å². The van der Waals surface area contributed by atoms with E-state index in [4.69, 9.17) is 4.42 Å². The summed E-state index contributed by atoms with van der Waals surface area (Å²) in [6, 6.07) is 5.49. The molecule has 0 bridgehead atoms. The molecule has 34 heavy (non-hydrogen) atoms. The molecule has 0 aliphatic heterocycles. The van der Waals surface area contributed by atoms with Crippen molar-refractivity contribution in [1.29, 1.82) is 0 Å². The zero-order chi connectivity index (χ0) is 25.4. The Morgan fingerprint density at radius 2 is 1.91 bits per heavy atom. The van der Waals surface area contributed by atoms with Crippen molar-refractivity contribution in [3.05, 3.63) is 62.0 Å². The molecule has 0 aliphatic rings. The molecule has 0 aliphatic carbocycles. The van der Waals surface area contributed by atoms with Crippen LogP contribution in [-0.2, 0) is 11.2 Å². The van der Waals surface area contributed by atoms with Crippen molar-refractivity contribution in [1.82, 2.24) is 5.32 Å². The number of methoxy groups -OCH3 is 1. The fraction of sp³-hybridized carbons (Fsp3) is 0.500. The number of carbonyl (C=O) groups excluding carboxylic acids is 2. The van der Waals surface area contributed by atoms with Gasteiger partial charge in [-0.1, -0.05) is 40.7 Å². The number of amides is 1. The van der Waals surface area contributed by atoms with Crippen LogP contribution >= 0.6 is 11.3 Å². The molecule has 0 radical (unpaired) electrons. The van der Waals surface area contributed by atoms with E-state index in [0.717, 1.165) is 11.3 Å². The standard InChI is InChI=1S/C26H35NO6S/c1-15(2)13-19-10-11-22(34-19)17(4)18(5)24(29)23-20(28)14-21(33-25(23)30)16(3)9-7-8-12-27-26(31)32-6/h8,10-12,14-18,28H,7,9,13H2,1-6H3,(H,27,31)/b12-8+/t16?,17-,18?/m0/s1. The van der Waals surface area contributed by atoms with Crippen molar-refractivity contribution in [2.45, 2.75) is 65.7 Å².